The van der Waals surface area contributed by atoms with E-state index in [9.17, 15) is 0 Å². The first-order valence-corrected chi connectivity index (χ1v) is 6.33. The molecule has 0 atom stereocenters. The molecule has 0 fully saturated rings. The maximum absolute atomic E-state index is 5.70. The Kier molecular flexibility index (Phi) is 4.42. The number of ether oxygens (including phenoxy) is 1. The number of rotatable bonds is 4. The van der Waals surface area contributed by atoms with Gasteiger partial charge in [0.25, 0.3) is 0 Å². The van der Waals surface area contributed by atoms with Crippen LogP contribution in [0.4, 0.5) is 0 Å². The summed E-state index contributed by atoms with van der Waals surface area (Å²) in [5, 5.41) is 0. The topological polar surface area (TPSA) is 35.2 Å². The van der Waals surface area contributed by atoms with E-state index >= 15 is 0 Å². The maximum Gasteiger partial charge on any atom is 0.130 e. The predicted molar refractivity (Wildman–Crippen MR) is 69.9 cm³/mol. The van der Waals surface area contributed by atoms with Crippen molar-refractivity contribution in [2.75, 3.05) is 6.26 Å². The van der Waals surface area contributed by atoms with Gasteiger partial charge in [0, 0.05) is 4.90 Å². The van der Waals surface area contributed by atoms with Crippen molar-refractivity contribution < 1.29 is 4.74 Å². The molecule has 0 aliphatic heterocycles. The van der Waals surface area contributed by atoms with Gasteiger partial charge in [0.2, 0.25) is 0 Å². The first-order valence-electron chi connectivity index (χ1n) is 4.69. The zero-order chi connectivity index (χ0) is 11.4. The molecular weight excluding hydrogens is 226 g/mol. The van der Waals surface area contributed by atoms with Gasteiger partial charge in [-0.2, -0.15) is 0 Å². The number of nitrogens with two attached hydrogens (primary N) is 1. The summed E-state index contributed by atoms with van der Waals surface area (Å²) in [6.07, 6.45) is 2.12. The average Bonchev–Trinajstić information content (AvgIpc) is 2.15. The molecule has 0 spiro atoms. The van der Waals surface area contributed by atoms with Crippen LogP contribution >= 0.6 is 24.0 Å². The highest BCUT2D eigenvalue weighted by atomic mass is 32.2. The minimum Gasteiger partial charge on any atom is -0.490 e. The Morgan fingerprint density at radius 3 is 2.60 bits per heavy atom. The minimum atomic E-state index is 0.121. The lowest BCUT2D eigenvalue weighted by molar-refractivity contribution is 0.241. The predicted octanol–water partition coefficient (Wildman–Crippen LogP) is 2.83. The van der Waals surface area contributed by atoms with Gasteiger partial charge in [-0.15, -0.1) is 11.8 Å². The van der Waals surface area contributed by atoms with Crippen molar-refractivity contribution in [3.63, 3.8) is 0 Å². The summed E-state index contributed by atoms with van der Waals surface area (Å²) in [6, 6.07) is 5.84. The van der Waals surface area contributed by atoms with E-state index < -0.39 is 0 Å². The normalized spacial score (nSPS) is 10.4. The average molecular weight is 241 g/mol. The van der Waals surface area contributed by atoms with E-state index in [4.69, 9.17) is 22.7 Å². The molecule has 0 heterocycles. The number of thiocarbonyl (C=S) groups is 1. The van der Waals surface area contributed by atoms with Crippen LogP contribution in [-0.2, 0) is 0 Å². The van der Waals surface area contributed by atoms with Crippen molar-refractivity contribution in [2.45, 2.75) is 24.8 Å². The monoisotopic (exact) mass is 241 g/mol. The Hall–Kier alpha value is -0.740. The van der Waals surface area contributed by atoms with Crippen molar-refractivity contribution in [1.29, 1.82) is 0 Å². The summed E-state index contributed by atoms with van der Waals surface area (Å²) in [5.41, 5.74) is 6.55. The van der Waals surface area contributed by atoms with Gasteiger partial charge in [-0.3, -0.25) is 0 Å². The third kappa shape index (κ3) is 3.11. The van der Waals surface area contributed by atoms with E-state index in [0.717, 1.165) is 16.2 Å². The van der Waals surface area contributed by atoms with Gasteiger partial charge in [0.15, 0.2) is 0 Å². The van der Waals surface area contributed by atoms with E-state index in [2.05, 4.69) is 0 Å². The highest BCUT2D eigenvalue weighted by Gasteiger charge is 2.12. The molecular formula is C11H15NOS2. The Bertz CT molecular complexity index is 364. The number of hydrogen-bond donors (Lipinski definition) is 1. The maximum atomic E-state index is 5.70. The van der Waals surface area contributed by atoms with Crippen LogP contribution in [0.1, 0.15) is 19.4 Å². The molecule has 1 rings (SSSR count). The lowest BCUT2D eigenvalue weighted by Crippen LogP contribution is -2.15. The fraction of sp³-hybridized carbons (Fsp3) is 0.364. The fourth-order valence-electron chi connectivity index (χ4n) is 1.28. The van der Waals surface area contributed by atoms with Crippen LogP contribution in [-0.4, -0.2) is 17.3 Å². The van der Waals surface area contributed by atoms with Crippen molar-refractivity contribution in [3.8, 4) is 5.75 Å². The SMILES string of the molecule is CSc1cccc(OC(C)C)c1C(N)=S. The molecule has 0 amide bonds. The second-order valence-corrected chi connectivity index (χ2v) is 4.65. The first kappa shape index (κ1) is 12.3. The zero-order valence-corrected chi connectivity index (χ0v) is 10.7. The highest BCUT2D eigenvalue weighted by molar-refractivity contribution is 7.98. The Balaban J connectivity index is 3.19. The van der Waals surface area contributed by atoms with Crippen LogP contribution in [0.25, 0.3) is 0 Å². The van der Waals surface area contributed by atoms with Crippen molar-refractivity contribution >= 4 is 29.0 Å². The van der Waals surface area contributed by atoms with Gasteiger partial charge >= 0.3 is 0 Å². The molecule has 2 nitrogen and oxygen atoms in total. The third-order valence-electron chi connectivity index (χ3n) is 1.82. The molecule has 0 aromatic heterocycles. The molecule has 0 radical (unpaired) electrons. The van der Waals surface area contributed by atoms with Gasteiger partial charge in [-0.1, -0.05) is 18.3 Å². The van der Waals surface area contributed by atoms with Crippen molar-refractivity contribution in [1.82, 2.24) is 0 Å². The summed E-state index contributed by atoms with van der Waals surface area (Å²) >= 11 is 6.66. The van der Waals surface area contributed by atoms with Gasteiger partial charge in [-0.05, 0) is 32.2 Å². The summed E-state index contributed by atoms with van der Waals surface area (Å²) in [5.74, 6) is 0.768. The molecule has 2 N–H and O–H groups in total. The number of hydrogen-bond acceptors (Lipinski definition) is 3. The molecule has 4 heteroatoms. The molecule has 0 aliphatic carbocycles. The Morgan fingerprint density at radius 2 is 2.13 bits per heavy atom. The number of benzene rings is 1. The summed E-state index contributed by atoms with van der Waals surface area (Å²) in [6.45, 7) is 3.96. The standard InChI is InChI=1S/C11H15NOS2/c1-7(2)13-8-5-4-6-9(15-3)10(8)11(12)14/h4-7H,1-3H3,(H2,12,14). The number of thioether (sulfide) groups is 1. The minimum absolute atomic E-state index is 0.121. The zero-order valence-electron chi connectivity index (χ0n) is 9.11. The van der Waals surface area contributed by atoms with Crippen LogP contribution in [0.2, 0.25) is 0 Å². The summed E-state index contributed by atoms with van der Waals surface area (Å²) in [4.78, 5) is 1.44. The summed E-state index contributed by atoms with van der Waals surface area (Å²) in [7, 11) is 0. The van der Waals surface area contributed by atoms with Crippen LogP contribution in [0.5, 0.6) is 5.75 Å². The van der Waals surface area contributed by atoms with E-state index in [1.807, 2.05) is 38.3 Å². The van der Waals surface area contributed by atoms with E-state index in [1.54, 1.807) is 11.8 Å². The van der Waals surface area contributed by atoms with E-state index in [-0.39, 0.29) is 6.10 Å². The van der Waals surface area contributed by atoms with Crippen molar-refractivity contribution in [3.05, 3.63) is 23.8 Å². The second-order valence-electron chi connectivity index (χ2n) is 3.36. The molecule has 0 bridgehead atoms. The molecule has 1 aromatic rings. The first-order chi connectivity index (χ1) is 7.06. The van der Waals surface area contributed by atoms with E-state index in [0.29, 0.717) is 4.99 Å². The quantitative estimate of drug-likeness (QED) is 0.649. The fourth-order valence-corrected chi connectivity index (χ4v) is 2.18. The van der Waals surface area contributed by atoms with Crippen molar-refractivity contribution in [2.24, 2.45) is 5.73 Å². The van der Waals surface area contributed by atoms with Gasteiger partial charge < -0.3 is 10.5 Å². The smallest absolute Gasteiger partial charge is 0.130 e. The van der Waals surface area contributed by atoms with Gasteiger partial charge in [0.05, 0.1) is 11.7 Å². The molecule has 1 aromatic carbocycles. The molecule has 15 heavy (non-hydrogen) atoms. The lowest BCUT2D eigenvalue weighted by Gasteiger charge is -2.15. The Morgan fingerprint density at radius 1 is 1.47 bits per heavy atom. The van der Waals surface area contributed by atoms with Crippen LogP contribution in [0, 0.1) is 0 Å². The molecule has 0 saturated carbocycles. The molecule has 0 aliphatic rings. The van der Waals surface area contributed by atoms with Crippen LogP contribution in [0.15, 0.2) is 23.1 Å². The largest absolute Gasteiger partial charge is 0.490 e. The van der Waals surface area contributed by atoms with Crippen LogP contribution < -0.4 is 10.5 Å². The summed E-state index contributed by atoms with van der Waals surface area (Å²) < 4.78 is 5.67. The van der Waals surface area contributed by atoms with Crippen LogP contribution in [0.3, 0.4) is 0 Å². The molecule has 0 unspecified atom stereocenters. The van der Waals surface area contributed by atoms with E-state index in [1.165, 1.54) is 0 Å². The Labute approximate surface area is 100 Å². The molecule has 0 saturated heterocycles. The molecule has 82 valence electrons. The van der Waals surface area contributed by atoms with Gasteiger partial charge in [0.1, 0.15) is 10.7 Å². The lowest BCUT2D eigenvalue weighted by atomic mass is 10.2. The second kappa shape index (κ2) is 5.37. The third-order valence-corrected chi connectivity index (χ3v) is 2.80. The highest BCUT2D eigenvalue weighted by Crippen LogP contribution is 2.29. The van der Waals surface area contributed by atoms with Gasteiger partial charge in [-0.25, -0.2) is 0 Å².